The number of benzene rings is 1. The van der Waals surface area contributed by atoms with Crippen molar-refractivity contribution in [2.24, 2.45) is 5.92 Å². The molecular weight excluding hydrogens is 291 g/mol. The van der Waals surface area contributed by atoms with Gasteiger partial charge in [0.2, 0.25) is 5.91 Å². The molecule has 0 aromatic heterocycles. The van der Waals surface area contributed by atoms with Crippen LogP contribution in [0.5, 0.6) is 0 Å². The van der Waals surface area contributed by atoms with Crippen molar-refractivity contribution in [2.45, 2.75) is 52.0 Å². The molecular formula is C19H29FN2O. The van der Waals surface area contributed by atoms with Crippen LogP contribution in [0.15, 0.2) is 24.3 Å². The molecule has 1 heterocycles. The fraction of sp³-hybridized carbons (Fsp3) is 0.632. The molecule has 1 unspecified atom stereocenters. The van der Waals surface area contributed by atoms with E-state index in [2.05, 4.69) is 24.1 Å². The second-order valence-electron chi connectivity index (χ2n) is 6.54. The van der Waals surface area contributed by atoms with E-state index in [0.29, 0.717) is 0 Å². The molecule has 1 saturated heterocycles. The lowest BCUT2D eigenvalue weighted by Crippen LogP contribution is -2.41. The first-order chi connectivity index (χ1) is 11.1. The smallest absolute Gasteiger partial charge is 0.223 e. The van der Waals surface area contributed by atoms with Crippen LogP contribution in [0.2, 0.25) is 0 Å². The molecule has 2 rings (SSSR count). The van der Waals surface area contributed by atoms with Gasteiger partial charge in [-0.25, -0.2) is 4.39 Å². The number of hydrogen-bond acceptors (Lipinski definition) is 2. The lowest BCUT2D eigenvalue weighted by Gasteiger charge is -2.35. The van der Waals surface area contributed by atoms with Crippen molar-refractivity contribution in [3.63, 3.8) is 0 Å². The number of carbonyl (C=O) groups is 1. The van der Waals surface area contributed by atoms with Crippen LogP contribution in [0.25, 0.3) is 0 Å². The minimum absolute atomic E-state index is 0.132. The molecule has 0 radical (unpaired) electrons. The van der Waals surface area contributed by atoms with Gasteiger partial charge in [-0.1, -0.05) is 31.9 Å². The van der Waals surface area contributed by atoms with Gasteiger partial charge in [0.05, 0.1) is 0 Å². The standard InChI is InChI=1S/C19H29FN2O/c1-3-4-5-11-21-19(23)16-9-12-22(13-10-16)15(2)17-7-6-8-18(20)14-17/h6-8,14-16H,3-5,9-13H2,1-2H3,(H,21,23). The van der Waals surface area contributed by atoms with E-state index in [0.717, 1.165) is 44.5 Å². The number of carbonyl (C=O) groups excluding carboxylic acids is 1. The Kier molecular flexibility index (Phi) is 7.03. The molecule has 0 saturated carbocycles. The fourth-order valence-electron chi connectivity index (χ4n) is 3.26. The van der Waals surface area contributed by atoms with Gasteiger partial charge < -0.3 is 5.32 Å². The van der Waals surface area contributed by atoms with Gasteiger partial charge in [-0.05, 0) is 57.0 Å². The van der Waals surface area contributed by atoms with Gasteiger partial charge in [-0.15, -0.1) is 0 Å². The molecule has 1 N–H and O–H groups in total. The summed E-state index contributed by atoms with van der Waals surface area (Å²) in [6, 6.07) is 7.01. The second kappa shape index (κ2) is 9.02. The molecule has 1 aliphatic heterocycles. The first kappa shape index (κ1) is 17.9. The Balaban J connectivity index is 1.78. The van der Waals surface area contributed by atoms with Crippen LogP contribution in [0.1, 0.15) is 57.6 Å². The number of nitrogens with one attached hydrogen (secondary N) is 1. The van der Waals surface area contributed by atoms with Gasteiger partial charge in [0.1, 0.15) is 5.82 Å². The molecule has 0 aliphatic carbocycles. The van der Waals surface area contributed by atoms with Crippen LogP contribution in [0.4, 0.5) is 4.39 Å². The summed E-state index contributed by atoms with van der Waals surface area (Å²) in [5, 5.41) is 3.06. The summed E-state index contributed by atoms with van der Waals surface area (Å²) in [7, 11) is 0. The maximum atomic E-state index is 13.4. The van der Waals surface area contributed by atoms with Crippen LogP contribution in [-0.4, -0.2) is 30.4 Å². The summed E-state index contributed by atoms with van der Waals surface area (Å²) in [5.74, 6) is 0.155. The predicted octanol–water partition coefficient (Wildman–Crippen LogP) is 3.91. The Morgan fingerprint density at radius 2 is 2.09 bits per heavy atom. The molecule has 1 aromatic carbocycles. The highest BCUT2D eigenvalue weighted by molar-refractivity contribution is 5.78. The van der Waals surface area contributed by atoms with Crippen LogP contribution < -0.4 is 5.32 Å². The molecule has 1 fully saturated rings. The molecule has 4 heteroatoms. The van der Waals surface area contributed by atoms with E-state index in [1.807, 2.05) is 6.07 Å². The Labute approximate surface area is 139 Å². The van der Waals surface area contributed by atoms with Gasteiger partial charge in [0, 0.05) is 18.5 Å². The largest absolute Gasteiger partial charge is 0.356 e. The summed E-state index contributed by atoms with van der Waals surface area (Å²) >= 11 is 0. The molecule has 1 aromatic rings. The van der Waals surface area contributed by atoms with Crippen molar-refractivity contribution in [1.29, 1.82) is 0 Å². The summed E-state index contributed by atoms with van der Waals surface area (Å²) in [6.07, 6.45) is 5.19. The molecule has 0 spiro atoms. The zero-order valence-electron chi connectivity index (χ0n) is 14.4. The summed E-state index contributed by atoms with van der Waals surface area (Å²) in [6.45, 7) is 6.86. The second-order valence-corrected chi connectivity index (χ2v) is 6.54. The predicted molar refractivity (Wildman–Crippen MR) is 91.6 cm³/mol. The van der Waals surface area contributed by atoms with Crippen LogP contribution in [0.3, 0.4) is 0 Å². The fourth-order valence-corrected chi connectivity index (χ4v) is 3.26. The molecule has 23 heavy (non-hydrogen) atoms. The van der Waals surface area contributed by atoms with E-state index >= 15 is 0 Å². The number of hydrogen-bond donors (Lipinski definition) is 1. The lowest BCUT2D eigenvalue weighted by atomic mass is 9.93. The number of rotatable bonds is 7. The first-order valence-corrected chi connectivity index (χ1v) is 8.89. The van der Waals surface area contributed by atoms with Crippen molar-refractivity contribution in [3.8, 4) is 0 Å². The van der Waals surface area contributed by atoms with Gasteiger partial charge in [-0.2, -0.15) is 0 Å². The molecule has 128 valence electrons. The monoisotopic (exact) mass is 320 g/mol. The number of likely N-dealkylation sites (tertiary alicyclic amines) is 1. The topological polar surface area (TPSA) is 32.3 Å². The Morgan fingerprint density at radius 1 is 1.35 bits per heavy atom. The summed E-state index contributed by atoms with van der Waals surface area (Å²) in [4.78, 5) is 14.5. The molecule has 3 nitrogen and oxygen atoms in total. The number of nitrogens with zero attached hydrogens (tertiary/aromatic N) is 1. The summed E-state index contributed by atoms with van der Waals surface area (Å²) < 4.78 is 13.4. The average Bonchev–Trinajstić information content (AvgIpc) is 2.58. The highest BCUT2D eigenvalue weighted by atomic mass is 19.1. The molecule has 1 amide bonds. The van der Waals surface area contributed by atoms with Crippen LogP contribution >= 0.6 is 0 Å². The van der Waals surface area contributed by atoms with E-state index in [-0.39, 0.29) is 23.7 Å². The van der Waals surface area contributed by atoms with E-state index in [1.54, 1.807) is 12.1 Å². The Bertz CT molecular complexity index is 498. The third kappa shape index (κ3) is 5.31. The van der Waals surface area contributed by atoms with Crippen LogP contribution in [-0.2, 0) is 4.79 Å². The van der Waals surface area contributed by atoms with Crippen molar-refractivity contribution >= 4 is 5.91 Å². The zero-order valence-corrected chi connectivity index (χ0v) is 14.4. The van der Waals surface area contributed by atoms with E-state index in [1.165, 1.54) is 18.9 Å². The third-order valence-electron chi connectivity index (χ3n) is 4.86. The maximum absolute atomic E-state index is 13.4. The maximum Gasteiger partial charge on any atom is 0.223 e. The highest BCUT2D eigenvalue weighted by Gasteiger charge is 2.27. The number of piperidine rings is 1. The average molecular weight is 320 g/mol. The SMILES string of the molecule is CCCCCNC(=O)C1CCN(C(C)c2cccc(F)c2)CC1. The van der Waals surface area contributed by atoms with Crippen LogP contribution in [0, 0.1) is 11.7 Å². The highest BCUT2D eigenvalue weighted by Crippen LogP contribution is 2.27. The van der Waals surface area contributed by atoms with Gasteiger partial charge in [0.15, 0.2) is 0 Å². The number of amides is 1. The Hall–Kier alpha value is -1.42. The molecule has 0 bridgehead atoms. The zero-order chi connectivity index (χ0) is 16.7. The number of halogens is 1. The van der Waals surface area contributed by atoms with E-state index < -0.39 is 0 Å². The normalized spacial score (nSPS) is 17.9. The van der Waals surface area contributed by atoms with E-state index in [4.69, 9.17) is 0 Å². The minimum atomic E-state index is -0.185. The Morgan fingerprint density at radius 3 is 2.74 bits per heavy atom. The first-order valence-electron chi connectivity index (χ1n) is 8.89. The summed E-state index contributed by atoms with van der Waals surface area (Å²) in [5.41, 5.74) is 1.01. The van der Waals surface area contributed by atoms with Crippen molar-refractivity contribution in [2.75, 3.05) is 19.6 Å². The third-order valence-corrected chi connectivity index (χ3v) is 4.86. The van der Waals surface area contributed by atoms with Crippen molar-refractivity contribution in [1.82, 2.24) is 10.2 Å². The number of unbranched alkanes of at least 4 members (excludes halogenated alkanes) is 2. The van der Waals surface area contributed by atoms with Gasteiger partial charge in [0.25, 0.3) is 0 Å². The molecule has 1 atom stereocenters. The van der Waals surface area contributed by atoms with Gasteiger partial charge >= 0.3 is 0 Å². The quantitative estimate of drug-likeness (QED) is 0.773. The van der Waals surface area contributed by atoms with Crippen molar-refractivity contribution < 1.29 is 9.18 Å². The van der Waals surface area contributed by atoms with E-state index in [9.17, 15) is 9.18 Å². The lowest BCUT2D eigenvalue weighted by molar-refractivity contribution is -0.126. The minimum Gasteiger partial charge on any atom is -0.356 e. The van der Waals surface area contributed by atoms with Crippen molar-refractivity contribution in [3.05, 3.63) is 35.6 Å². The molecule has 1 aliphatic rings. The van der Waals surface area contributed by atoms with Gasteiger partial charge in [-0.3, -0.25) is 9.69 Å².